The van der Waals surface area contributed by atoms with Crippen molar-refractivity contribution >= 4 is 44.7 Å². The van der Waals surface area contributed by atoms with Crippen LogP contribution < -0.4 is 16.6 Å². The van der Waals surface area contributed by atoms with Gasteiger partial charge in [0.1, 0.15) is 5.82 Å². The Bertz CT molecular complexity index is 533. The van der Waals surface area contributed by atoms with E-state index >= 15 is 0 Å². The highest BCUT2D eigenvalue weighted by Crippen LogP contribution is 2.28. The molecule has 0 amide bonds. The van der Waals surface area contributed by atoms with E-state index in [1.165, 1.54) is 0 Å². The number of nitrogens with two attached hydrogens (primary N) is 1. The molecule has 0 bridgehead atoms. The maximum Gasteiger partial charge on any atom is 0.141 e. The summed E-state index contributed by atoms with van der Waals surface area (Å²) in [5.74, 6) is 5.88. The molecule has 6 heteroatoms. The molecule has 0 fully saturated rings. The summed E-state index contributed by atoms with van der Waals surface area (Å²) in [5, 5.41) is 3.82. The number of nitrogen functional groups attached to an aromatic ring is 1. The van der Waals surface area contributed by atoms with Gasteiger partial charge in [-0.05, 0) is 24.3 Å². The number of nitrogens with zero attached hydrogens (tertiary/aromatic N) is 1. The summed E-state index contributed by atoms with van der Waals surface area (Å²) in [4.78, 5) is 4.02. The molecular weight excluding hydrogens is 304 g/mol. The summed E-state index contributed by atoms with van der Waals surface area (Å²) < 4.78 is 0.937. The Labute approximate surface area is 112 Å². The number of rotatable bonds is 3. The molecule has 4 nitrogen and oxygen atoms in total. The van der Waals surface area contributed by atoms with Crippen molar-refractivity contribution in [3.05, 3.63) is 46.0 Å². The highest BCUT2D eigenvalue weighted by molar-refractivity contribution is 9.10. The molecule has 2 aromatic rings. The number of hydrazine groups is 1. The van der Waals surface area contributed by atoms with Crippen molar-refractivity contribution in [2.45, 2.75) is 0 Å². The largest absolute Gasteiger partial charge is 0.354 e. The van der Waals surface area contributed by atoms with Crippen LogP contribution in [0.4, 0.5) is 17.2 Å². The first kappa shape index (κ1) is 12.2. The standard InChI is InChI=1S/C11H10BrClN4/c12-7-1-2-10(9(13)5-7)16-8-3-4-15-11(6-8)17-14/h1-6H,14H2,(H2,15,16,17). The number of anilines is 3. The number of aromatic nitrogens is 1. The number of benzene rings is 1. The van der Waals surface area contributed by atoms with Crippen LogP contribution >= 0.6 is 27.5 Å². The molecule has 0 radical (unpaired) electrons. The van der Waals surface area contributed by atoms with Gasteiger partial charge in [-0.1, -0.05) is 27.5 Å². The minimum absolute atomic E-state index is 0.586. The van der Waals surface area contributed by atoms with Crippen molar-refractivity contribution in [2.75, 3.05) is 10.7 Å². The molecular formula is C11H10BrClN4. The van der Waals surface area contributed by atoms with Gasteiger partial charge in [0.15, 0.2) is 0 Å². The number of pyridine rings is 1. The van der Waals surface area contributed by atoms with Crippen LogP contribution in [0.2, 0.25) is 5.02 Å². The first-order valence-electron chi connectivity index (χ1n) is 4.84. The van der Waals surface area contributed by atoms with E-state index in [0.29, 0.717) is 10.8 Å². The van der Waals surface area contributed by atoms with Gasteiger partial charge in [-0.25, -0.2) is 10.8 Å². The minimum Gasteiger partial charge on any atom is -0.354 e. The summed E-state index contributed by atoms with van der Waals surface area (Å²) in [5.41, 5.74) is 4.17. The average molecular weight is 314 g/mol. The maximum atomic E-state index is 6.10. The highest BCUT2D eigenvalue weighted by atomic mass is 79.9. The number of halogens is 2. The van der Waals surface area contributed by atoms with Gasteiger partial charge in [0, 0.05) is 22.4 Å². The fourth-order valence-corrected chi connectivity index (χ4v) is 2.05. The Hall–Kier alpha value is -1.30. The smallest absolute Gasteiger partial charge is 0.141 e. The lowest BCUT2D eigenvalue weighted by molar-refractivity contribution is 1.23. The Morgan fingerprint density at radius 3 is 2.76 bits per heavy atom. The van der Waals surface area contributed by atoms with Crippen molar-refractivity contribution in [3.8, 4) is 0 Å². The topological polar surface area (TPSA) is 63.0 Å². The van der Waals surface area contributed by atoms with Crippen LogP contribution in [0.15, 0.2) is 41.0 Å². The van der Waals surface area contributed by atoms with E-state index in [1.807, 2.05) is 24.3 Å². The van der Waals surface area contributed by atoms with Crippen molar-refractivity contribution < 1.29 is 0 Å². The molecule has 0 saturated heterocycles. The van der Waals surface area contributed by atoms with E-state index in [4.69, 9.17) is 17.4 Å². The molecule has 1 aromatic carbocycles. The monoisotopic (exact) mass is 312 g/mol. The average Bonchev–Trinajstić information content (AvgIpc) is 2.33. The van der Waals surface area contributed by atoms with Gasteiger partial charge in [-0.3, -0.25) is 0 Å². The lowest BCUT2D eigenvalue weighted by Gasteiger charge is -2.09. The molecule has 4 N–H and O–H groups in total. The summed E-state index contributed by atoms with van der Waals surface area (Å²) in [6, 6.07) is 9.25. The van der Waals surface area contributed by atoms with Crippen LogP contribution in [0.25, 0.3) is 0 Å². The van der Waals surface area contributed by atoms with Crippen LogP contribution in [-0.2, 0) is 0 Å². The molecule has 0 atom stereocenters. The van der Waals surface area contributed by atoms with Gasteiger partial charge >= 0.3 is 0 Å². The van der Waals surface area contributed by atoms with Crippen LogP contribution in [0.3, 0.4) is 0 Å². The highest BCUT2D eigenvalue weighted by Gasteiger charge is 2.02. The van der Waals surface area contributed by atoms with E-state index in [2.05, 4.69) is 31.7 Å². The maximum absolute atomic E-state index is 6.10. The number of nitrogens with one attached hydrogen (secondary N) is 2. The zero-order valence-corrected chi connectivity index (χ0v) is 11.1. The van der Waals surface area contributed by atoms with Crippen LogP contribution in [0, 0.1) is 0 Å². The normalized spacial score (nSPS) is 10.1. The van der Waals surface area contributed by atoms with Crippen molar-refractivity contribution in [1.82, 2.24) is 4.98 Å². The predicted molar refractivity (Wildman–Crippen MR) is 74.5 cm³/mol. The van der Waals surface area contributed by atoms with Crippen molar-refractivity contribution in [2.24, 2.45) is 5.84 Å². The lowest BCUT2D eigenvalue weighted by Crippen LogP contribution is -2.08. The fraction of sp³-hybridized carbons (Fsp3) is 0. The van der Waals surface area contributed by atoms with E-state index in [1.54, 1.807) is 12.3 Å². The fourth-order valence-electron chi connectivity index (χ4n) is 1.33. The summed E-state index contributed by atoms with van der Waals surface area (Å²) in [7, 11) is 0. The second-order valence-electron chi connectivity index (χ2n) is 3.32. The van der Waals surface area contributed by atoms with Gasteiger partial charge in [0.2, 0.25) is 0 Å². The zero-order valence-electron chi connectivity index (χ0n) is 8.74. The number of hydrogen-bond acceptors (Lipinski definition) is 4. The molecule has 1 heterocycles. The van der Waals surface area contributed by atoms with Crippen LogP contribution in [0.1, 0.15) is 0 Å². The van der Waals surface area contributed by atoms with Gasteiger partial charge in [-0.2, -0.15) is 0 Å². The summed E-state index contributed by atoms with van der Waals surface area (Å²) >= 11 is 9.46. The van der Waals surface area contributed by atoms with E-state index in [0.717, 1.165) is 15.8 Å². The third-order valence-electron chi connectivity index (χ3n) is 2.12. The van der Waals surface area contributed by atoms with E-state index in [9.17, 15) is 0 Å². The zero-order chi connectivity index (χ0) is 12.3. The quantitative estimate of drug-likeness (QED) is 0.599. The second-order valence-corrected chi connectivity index (χ2v) is 4.65. The van der Waals surface area contributed by atoms with Crippen LogP contribution in [-0.4, -0.2) is 4.98 Å². The lowest BCUT2D eigenvalue weighted by atomic mass is 10.3. The molecule has 17 heavy (non-hydrogen) atoms. The first-order chi connectivity index (χ1) is 8.19. The SMILES string of the molecule is NNc1cc(Nc2ccc(Br)cc2Cl)ccn1. The minimum atomic E-state index is 0.586. The van der Waals surface area contributed by atoms with E-state index in [-0.39, 0.29) is 0 Å². The molecule has 0 unspecified atom stereocenters. The first-order valence-corrected chi connectivity index (χ1v) is 6.01. The Balaban J connectivity index is 2.25. The van der Waals surface area contributed by atoms with Gasteiger partial charge < -0.3 is 10.7 Å². The second kappa shape index (κ2) is 5.35. The molecule has 1 aromatic heterocycles. The molecule has 0 aliphatic carbocycles. The van der Waals surface area contributed by atoms with Crippen molar-refractivity contribution in [3.63, 3.8) is 0 Å². The van der Waals surface area contributed by atoms with Gasteiger partial charge in [0.25, 0.3) is 0 Å². The molecule has 0 aliphatic heterocycles. The molecule has 88 valence electrons. The third-order valence-corrected chi connectivity index (χ3v) is 2.92. The molecule has 0 saturated carbocycles. The summed E-state index contributed by atoms with van der Waals surface area (Å²) in [6.07, 6.45) is 1.66. The van der Waals surface area contributed by atoms with Gasteiger partial charge in [-0.15, -0.1) is 0 Å². The third kappa shape index (κ3) is 3.09. The predicted octanol–water partition coefficient (Wildman–Crippen LogP) is 3.53. The van der Waals surface area contributed by atoms with Gasteiger partial charge in [0.05, 0.1) is 10.7 Å². The van der Waals surface area contributed by atoms with Crippen LogP contribution in [0.5, 0.6) is 0 Å². The Kier molecular flexibility index (Phi) is 3.83. The van der Waals surface area contributed by atoms with Crippen molar-refractivity contribution in [1.29, 1.82) is 0 Å². The van der Waals surface area contributed by atoms with E-state index < -0.39 is 0 Å². The molecule has 0 aliphatic rings. The number of hydrogen-bond donors (Lipinski definition) is 3. The molecule has 2 rings (SSSR count). The Morgan fingerprint density at radius 1 is 1.24 bits per heavy atom. The Morgan fingerprint density at radius 2 is 2.06 bits per heavy atom. The molecule has 0 spiro atoms. The summed E-state index contributed by atoms with van der Waals surface area (Å²) in [6.45, 7) is 0.